The van der Waals surface area contributed by atoms with Gasteiger partial charge in [0.2, 0.25) is 0 Å². The smallest absolute Gasteiger partial charge is 0.404 e. The van der Waals surface area contributed by atoms with E-state index in [1.165, 1.54) is 6.20 Å². The number of alkyl halides is 3. The third-order valence-corrected chi connectivity index (χ3v) is 4.59. The van der Waals surface area contributed by atoms with Gasteiger partial charge in [0.1, 0.15) is 6.54 Å². The van der Waals surface area contributed by atoms with Gasteiger partial charge < -0.3 is 16.4 Å². The van der Waals surface area contributed by atoms with Gasteiger partial charge in [0.05, 0.1) is 36.6 Å². The fourth-order valence-corrected chi connectivity index (χ4v) is 2.95. The number of aromatic nitrogens is 3. The molecule has 176 valence electrons. The number of rotatable bonds is 7. The minimum Gasteiger partial charge on any atom is -0.404 e. The molecule has 2 heterocycles. The molecule has 12 heteroatoms. The van der Waals surface area contributed by atoms with E-state index in [0.717, 1.165) is 0 Å². The molecule has 9 nitrogen and oxygen atoms in total. The molecule has 4 N–H and O–H groups in total. The molecule has 0 fully saturated rings. The second-order valence-electron chi connectivity index (χ2n) is 7.27. The summed E-state index contributed by atoms with van der Waals surface area (Å²) in [6.45, 7) is 0.387. The van der Waals surface area contributed by atoms with Crippen molar-refractivity contribution < 1.29 is 18.0 Å². The molecule has 0 bridgehead atoms. The standard InChI is InChI=1S/C22H21F3N8O/c1-14(5-6-26)28-10-17(9-27)16-8-20-29-12-19(33(20)31-11-16)15-3-2-4-18(7-15)32-21(34)30-13-22(23,24)25/h2-4,7-12,14H,5,13,27H2,1H3,(H2,30,32,34)/b17-9+,28-10?. The number of urea groups is 1. The first kappa shape index (κ1) is 24.2. The van der Waals surface area contributed by atoms with Gasteiger partial charge in [-0.15, -0.1) is 0 Å². The highest BCUT2D eigenvalue weighted by Crippen LogP contribution is 2.24. The summed E-state index contributed by atoms with van der Waals surface area (Å²) < 4.78 is 38.4. The number of allylic oxidation sites excluding steroid dienone is 1. The molecule has 0 aliphatic carbocycles. The van der Waals surface area contributed by atoms with Gasteiger partial charge in [-0.05, 0) is 25.1 Å². The van der Waals surface area contributed by atoms with E-state index in [1.54, 1.807) is 58.8 Å². The topological polar surface area (TPSA) is 133 Å². The van der Waals surface area contributed by atoms with E-state index in [-0.39, 0.29) is 12.5 Å². The van der Waals surface area contributed by atoms with Crippen molar-refractivity contribution in [2.24, 2.45) is 10.7 Å². The highest BCUT2D eigenvalue weighted by atomic mass is 19.4. The fraction of sp³-hybridized carbons (Fsp3) is 0.227. The van der Waals surface area contributed by atoms with Gasteiger partial charge in [-0.1, -0.05) is 12.1 Å². The molecule has 3 rings (SSSR count). The van der Waals surface area contributed by atoms with E-state index in [9.17, 15) is 18.0 Å². The van der Waals surface area contributed by atoms with Crippen LogP contribution in [0.2, 0.25) is 0 Å². The maximum absolute atomic E-state index is 12.3. The lowest BCUT2D eigenvalue weighted by Crippen LogP contribution is -2.36. The zero-order valence-electron chi connectivity index (χ0n) is 18.0. The molecule has 3 aromatic rings. The van der Waals surface area contributed by atoms with E-state index in [4.69, 9.17) is 11.0 Å². The number of fused-ring (bicyclic) bond motifs is 1. The summed E-state index contributed by atoms with van der Waals surface area (Å²) in [5.41, 5.74) is 9.09. The first-order valence-electron chi connectivity index (χ1n) is 10.1. The Bertz CT molecular complexity index is 1270. The molecular weight excluding hydrogens is 449 g/mol. The van der Waals surface area contributed by atoms with Crippen molar-refractivity contribution in [2.75, 3.05) is 11.9 Å². The van der Waals surface area contributed by atoms with E-state index in [1.807, 2.05) is 6.92 Å². The van der Waals surface area contributed by atoms with E-state index in [2.05, 4.69) is 26.5 Å². The number of nitrogens with one attached hydrogen (secondary N) is 2. The molecule has 1 atom stereocenters. The normalized spacial score (nSPS) is 13.1. The van der Waals surface area contributed by atoms with E-state index < -0.39 is 18.8 Å². The molecule has 0 saturated carbocycles. The number of nitrogens with two attached hydrogens (primary N) is 1. The van der Waals surface area contributed by atoms with Crippen LogP contribution in [0.15, 0.2) is 53.9 Å². The third-order valence-electron chi connectivity index (χ3n) is 4.59. The number of aliphatic imine (C=N–C) groups is 1. The number of halogens is 3. The van der Waals surface area contributed by atoms with Gasteiger partial charge in [0.25, 0.3) is 0 Å². The molecule has 0 aliphatic rings. The van der Waals surface area contributed by atoms with E-state index >= 15 is 0 Å². The third kappa shape index (κ3) is 6.32. The van der Waals surface area contributed by atoms with Crippen LogP contribution in [0, 0.1) is 11.3 Å². The average Bonchev–Trinajstić information content (AvgIpc) is 3.21. The van der Waals surface area contributed by atoms with Crippen molar-refractivity contribution in [1.29, 1.82) is 5.26 Å². The predicted molar refractivity (Wildman–Crippen MR) is 122 cm³/mol. The van der Waals surface area contributed by atoms with Gasteiger partial charge in [-0.25, -0.2) is 14.3 Å². The van der Waals surface area contributed by atoms with E-state index in [0.29, 0.717) is 33.7 Å². The summed E-state index contributed by atoms with van der Waals surface area (Å²) in [5, 5.41) is 17.3. The Kier molecular flexibility index (Phi) is 7.47. The summed E-state index contributed by atoms with van der Waals surface area (Å²) in [4.78, 5) is 20.4. The fourth-order valence-electron chi connectivity index (χ4n) is 2.95. The van der Waals surface area contributed by atoms with Crippen LogP contribution >= 0.6 is 0 Å². The van der Waals surface area contributed by atoms with Crippen LogP contribution in [0.5, 0.6) is 0 Å². The van der Waals surface area contributed by atoms with Crippen molar-refractivity contribution in [1.82, 2.24) is 19.9 Å². The minimum atomic E-state index is -4.50. The first-order chi connectivity index (χ1) is 16.2. The number of hydrogen-bond acceptors (Lipinski definition) is 6. The second kappa shape index (κ2) is 10.5. The Labute approximate surface area is 192 Å². The monoisotopic (exact) mass is 470 g/mol. The zero-order valence-corrected chi connectivity index (χ0v) is 18.0. The van der Waals surface area contributed by atoms with Gasteiger partial charge in [0, 0.05) is 34.8 Å². The van der Waals surface area contributed by atoms with Gasteiger partial charge in [-0.3, -0.25) is 4.99 Å². The molecule has 0 radical (unpaired) electrons. The summed E-state index contributed by atoms with van der Waals surface area (Å²) in [6, 6.07) is 9.23. The van der Waals surface area contributed by atoms with Gasteiger partial charge in [-0.2, -0.15) is 23.5 Å². The number of hydrogen-bond donors (Lipinski definition) is 3. The zero-order chi connectivity index (χ0) is 24.7. The van der Waals surface area contributed by atoms with Crippen LogP contribution in [-0.4, -0.2) is 45.6 Å². The number of benzene rings is 1. The van der Waals surface area contributed by atoms with Gasteiger partial charge in [0.15, 0.2) is 5.65 Å². The highest BCUT2D eigenvalue weighted by Gasteiger charge is 2.27. The minimum absolute atomic E-state index is 0.175. The molecule has 34 heavy (non-hydrogen) atoms. The number of carbonyl (C=O) groups is 1. The van der Waals surface area contributed by atoms with Crippen LogP contribution in [-0.2, 0) is 0 Å². The largest absolute Gasteiger partial charge is 0.405 e. The number of carbonyl (C=O) groups excluding carboxylic acids is 1. The molecule has 0 saturated heterocycles. The molecule has 0 aliphatic heterocycles. The predicted octanol–water partition coefficient (Wildman–Crippen LogP) is 3.75. The lowest BCUT2D eigenvalue weighted by molar-refractivity contribution is -0.122. The summed E-state index contributed by atoms with van der Waals surface area (Å²) >= 11 is 0. The summed E-state index contributed by atoms with van der Waals surface area (Å²) in [5.74, 6) is 0. The second-order valence-corrected chi connectivity index (χ2v) is 7.27. The van der Waals surface area contributed by atoms with Crippen molar-refractivity contribution in [3.05, 3.63) is 54.5 Å². The number of imidazole rings is 1. The Hall–Kier alpha value is -4.40. The van der Waals surface area contributed by atoms with Crippen LogP contribution in [0.25, 0.3) is 22.5 Å². The number of nitriles is 1. The Morgan fingerprint density at radius 2 is 2.15 bits per heavy atom. The van der Waals surface area contributed by atoms with Crippen molar-refractivity contribution in [3.63, 3.8) is 0 Å². The lowest BCUT2D eigenvalue weighted by atomic mass is 10.1. The molecular formula is C22H21F3N8O. The van der Waals surface area contributed by atoms with Crippen LogP contribution in [0.1, 0.15) is 18.9 Å². The maximum atomic E-state index is 12.3. The summed E-state index contributed by atoms with van der Waals surface area (Å²) in [7, 11) is 0. The highest BCUT2D eigenvalue weighted by molar-refractivity contribution is 6.09. The quantitative estimate of drug-likeness (QED) is 0.452. The molecule has 2 amide bonds. The lowest BCUT2D eigenvalue weighted by Gasteiger charge is -2.10. The van der Waals surface area contributed by atoms with Crippen LogP contribution < -0.4 is 16.4 Å². The van der Waals surface area contributed by atoms with Crippen LogP contribution in [0.3, 0.4) is 0 Å². The number of anilines is 1. The van der Waals surface area contributed by atoms with Crippen molar-refractivity contribution in [3.8, 4) is 17.3 Å². The Balaban J connectivity index is 1.81. The molecule has 2 aromatic heterocycles. The van der Waals surface area contributed by atoms with Crippen molar-refractivity contribution >= 4 is 29.2 Å². The van der Waals surface area contributed by atoms with Crippen molar-refractivity contribution in [2.45, 2.75) is 25.6 Å². The van der Waals surface area contributed by atoms with Gasteiger partial charge >= 0.3 is 12.2 Å². The van der Waals surface area contributed by atoms with Crippen LogP contribution in [0.4, 0.5) is 23.7 Å². The first-order valence-corrected chi connectivity index (χ1v) is 10.1. The Morgan fingerprint density at radius 1 is 1.35 bits per heavy atom. The number of nitrogens with zero attached hydrogens (tertiary/aromatic N) is 5. The molecule has 0 spiro atoms. The Morgan fingerprint density at radius 3 is 2.85 bits per heavy atom. The summed E-state index contributed by atoms with van der Waals surface area (Å²) in [6.07, 6.45) is 1.93. The number of amides is 2. The maximum Gasteiger partial charge on any atom is 0.405 e. The molecule has 1 aromatic carbocycles. The molecule has 1 unspecified atom stereocenters. The average molecular weight is 470 g/mol. The SMILES string of the molecule is CC(CC#N)N=C/C(=C\N)c1cnn2c(-c3cccc(NC(=O)NCC(F)(F)F)c3)cnc2c1.